The van der Waals surface area contributed by atoms with E-state index in [9.17, 15) is 50.2 Å². The van der Waals surface area contributed by atoms with Crippen LogP contribution in [0.5, 0.6) is 11.5 Å². The van der Waals surface area contributed by atoms with E-state index in [1.807, 2.05) is 0 Å². The van der Waals surface area contributed by atoms with E-state index in [2.05, 4.69) is 31.1 Å². The Labute approximate surface area is 317 Å². The van der Waals surface area contributed by atoms with Crippen LogP contribution >= 0.6 is 0 Å². The Morgan fingerprint density at radius 1 is 0.615 bits per heavy atom. The fourth-order valence-electron chi connectivity index (χ4n) is 3.61. The molecule has 18 nitrogen and oxygen atoms in total. The van der Waals surface area contributed by atoms with E-state index in [0.717, 1.165) is 36.4 Å². The van der Waals surface area contributed by atoms with Crippen LogP contribution in [0.15, 0.2) is 140 Å². The first-order chi connectivity index (χ1) is 23.8. The van der Waals surface area contributed by atoms with Gasteiger partial charge < -0.3 is 31.1 Å². The van der Waals surface area contributed by atoms with Crippen LogP contribution in [0.3, 0.4) is 0 Å². The van der Waals surface area contributed by atoms with Crippen LogP contribution in [-0.4, -0.2) is 42.1 Å². The standard InChI is InChI=1S/2C16H14N4O5.Co.Li/c2*1-10(21)15(16(23)17-11-5-3-2-4-6-11)19-18-13-9-12(20(24)25)7-8-14(13)22;;/h2*2-9,21-22H,1H3,(H,17,23);;/q;;;+1/b2*15-10-,19-18?;;. The van der Waals surface area contributed by atoms with Gasteiger partial charge in [-0.25, -0.2) is 0 Å². The number of non-ortho nitro benzene ring substituents is 2. The fraction of sp³-hybridized carbons (Fsp3) is 0.0625. The zero-order chi connectivity index (χ0) is 36.8. The number of phenols is 2. The number of nitrogens with one attached hydrogen (secondary N) is 2. The molecule has 0 fully saturated rings. The number of para-hydroxylation sites is 2. The molecule has 0 atom stereocenters. The first kappa shape index (κ1) is 43.6. The second kappa shape index (κ2) is 21.0. The summed E-state index contributed by atoms with van der Waals surface area (Å²) >= 11 is 0. The number of carbonyl (C=O) groups is 2. The Bertz CT molecular complexity index is 1880. The van der Waals surface area contributed by atoms with Crippen molar-refractivity contribution in [1.82, 2.24) is 0 Å². The second-order valence-electron chi connectivity index (χ2n) is 9.77. The number of amides is 2. The average Bonchev–Trinajstić information content (AvgIpc) is 3.07. The van der Waals surface area contributed by atoms with E-state index in [-0.39, 0.29) is 69.9 Å². The molecule has 4 aromatic carbocycles. The van der Waals surface area contributed by atoms with E-state index < -0.39 is 44.6 Å². The maximum absolute atomic E-state index is 12.2. The zero-order valence-corrected chi connectivity index (χ0v) is 28.5. The molecule has 0 aliphatic rings. The van der Waals surface area contributed by atoms with Gasteiger partial charge in [0.1, 0.15) is 34.4 Å². The van der Waals surface area contributed by atoms with Gasteiger partial charge in [-0.05, 0) is 50.2 Å². The summed E-state index contributed by atoms with van der Waals surface area (Å²) in [5.74, 6) is -2.95. The number of hydrogen-bond donors (Lipinski definition) is 6. The topological polar surface area (TPSA) is 275 Å². The number of anilines is 2. The maximum Gasteiger partial charge on any atom is 1.00 e. The first-order valence-corrected chi connectivity index (χ1v) is 14.1. The van der Waals surface area contributed by atoms with Crippen LogP contribution in [0.1, 0.15) is 13.8 Å². The van der Waals surface area contributed by atoms with Crippen molar-refractivity contribution in [2.24, 2.45) is 20.5 Å². The van der Waals surface area contributed by atoms with Gasteiger partial charge in [0.25, 0.3) is 23.2 Å². The van der Waals surface area contributed by atoms with Gasteiger partial charge in [-0.3, -0.25) is 29.8 Å². The smallest absolute Gasteiger partial charge is 0.510 e. The number of rotatable bonds is 10. The number of carbonyl (C=O) groups excluding carboxylic acids is 2. The van der Waals surface area contributed by atoms with Crippen molar-refractivity contribution < 1.29 is 75.5 Å². The van der Waals surface area contributed by atoms with Crippen molar-refractivity contribution in [2.45, 2.75) is 13.8 Å². The molecular formula is C32H28CoLiN8O10+. The third-order valence-electron chi connectivity index (χ3n) is 6.03. The third kappa shape index (κ3) is 13.1. The number of aromatic hydroxyl groups is 2. The molecule has 4 aromatic rings. The quantitative estimate of drug-likeness (QED) is 0.0327. The molecule has 1 radical (unpaired) electrons. The number of nitro groups is 2. The SMILES string of the molecule is C/C(O)=C(/N=Nc1cc([N+](=O)[O-])ccc1O)C(=O)Nc1ccccc1.C/C(O)=C(/N=Nc1cc([N+](=O)[O-])ccc1O)C(=O)Nc1ccccc1.[Co].[Li+]. The molecule has 0 spiro atoms. The Kier molecular flexibility index (Phi) is 17.6. The summed E-state index contributed by atoms with van der Waals surface area (Å²) in [4.78, 5) is 44.6. The fourth-order valence-corrected chi connectivity index (χ4v) is 3.61. The largest absolute Gasteiger partial charge is 1.00 e. The maximum atomic E-state index is 12.2. The number of aliphatic hydroxyl groups is 2. The molecule has 0 aliphatic carbocycles. The summed E-state index contributed by atoms with van der Waals surface area (Å²) in [5.41, 5.74) is -0.830. The minimum atomic E-state index is -0.722. The summed E-state index contributed by atoms with van der Waals surface area (Å²) in [6, 6.07) is 23.4. The van der Waals surface area contributed by atoms with Crippen molar-refractivity contribution in [3.63, 3.8) is 0 Å². The van der Waals surface area contributed by atoms with Gasteiger partial charge in [0.2, 0.25) is 0 Å². The van der Waals surface area contributed by atoms with Gasteiger partial charge in [0, 0.05) is 52.4 Å². The van der Waals surface area contributed by atoms with Crippen LogP contribution in [-0.2, 0) is 26.4 Å². The van der Waals surface area contributed by atoms with Gasteiger partial charge in [-0.1, -0.05) is 36.4 Å². The van der Waals surface area contributed by atoms with E-state index in [1.54, 1.807) is 60.7 Å². The van der Waals surface area contributed by atoms with Crippen molar-refractivity contribution in [3.05, 3.63) is 140 Å². The van der Waals surface area contributed by atoms with Crippen LogP contribution in [0.2, 0.25) is 0 Å². The predicted octanol–water partition coefficient (Wildman–Crippen LogP) is 4.63. The number of allylic oxidation sites excluding steroid dienone is 2. The number of phenolic OH excluding ortho intramolecular Hbond substituents is 2. The Morgan fingerprint density at radius 2 is 0.942 bits per heavy atom. The van der Waals surface area contributed by atoms with E-state index in [1.165, 1.54) is 13.8 Å². The molecule has 0 saturated heterocycles. The molecule has 0 heterocycles. The monoisotopic (exact) mass is 750 g/mol. The van der Waals surface area contributed by atoms with Crippen molar-refractivity contribution in [2.75, 3.05) is 10.6 Å². The van der Waals surface area contributed by atoms with Gasteiger partial charge in [-0.2, -0.15) is 0 Å². The van der Waals surface area contributed by atoms with E-state index in [4.69, 9.17) is 0 Å². The third-order valence-corrected chi connectivity index (χ3v) is 6.03. The number of hydrogen-bond acceptors (Lipinski definition) is 14. The molecule has 265 valence electrons. The van der Waals surface area contributed by atoms with E-state index in [0.29, 0.717) is 11.4 Å². The molecule has 0 aromatic heterocycles. The molecular weight excluding hydrogens is 722 g/mol. The van der Waals surface area contributed by atoms with Crippen LogP contribution < -0.4 is 29.5 Å². The van der Waals surface area contributed by atoms with Gasteiger partial charge >= 0.3 is 18.9 Å². The number of azo groups is 2. The number of benzene rings is 4. The van der Waals surface area contributed by atoms with Crippen LogP contribution in [0.4, 0.5) is 34.1 Å². The number of nitrogens with zero attached hydrogens (tertiary/aromatic N) is 6. The number of aliphatic hydroxyl groups excluding tert-OH is 2. The summed E-state index contributed by atoms with van der Waals surface area (Å²) in [7, 11) is 0. The van der Waals surface area contributed by atoms with Crippen LogP contribution in [0, 0.1) is 20.2 Å². The minimum absolute atomic E-state index is 0. The first-order valence-electron chi connectivity index (χ1n) is 14.1. The van der Waals surface area contributed by atoms with Crippen molar-refractivity contribution >= 4 is 45.9 Å². The molecule has 2 amide bonds. The van der Waals surface area contributed by atoms with Crippen LogP contribution in [0.25, 0.3) is 0 Å². The second-order valence-corrected chi connectivity index (χ2v) is 9.77. The molecule has 0 aliphatic heterocycles. The predicted molar refractivity (Wildman–Crippen MR) is 179 cm³/mol. The normalized spacial score (nSPS) is 11.4. The molecule has 6 N–H and O–H groups in total. The van der Waals surface area contributed by atoms with Gasteiger partial charge in [-0.15, -0.1) is 20.5 Å². The number of nitro benzene ring substituents is 2. The average molecular weight is 750 g/mol. The van der Waals surface area contributed by atoms with E-state index >= 15 is 0 Å². The molecule has 20 heteroatoms. The Morgan fingerprint density at radius 3 is 1.23 bits per heavy atom. The zero-order valence-electron chi connectivity index (χ0n) is 27.5. The Balaban J connectivity index is 0.000000501. The minimum Gasteiger partial charge on any atom is -0.510 e. The van der Waals surface area contributed by atoms with Gasteiger partial charge in [0.15, 0.2) is 11.4 Å². The summed E-state index contributed by atoms with van der Waals surface area (Å²) < 4.78 is 0. The van der Waals surface area contributed by atoms with Crippen molar-refractivity contribution in [3.8, 4) is 11.5 Å². The molecule has 52 heavy (non-hydrogen) atoms. The molecule has 0 bridgehead atoms. The molecule has 0 saturated carbocycles. The summed E-state index contributed by atoms with van der Waals surface area (Å²) in [6.07, 6.45) is 0. The Hall–Kier alpha value is -6.40. The van der Waals surface area contributed by atoms with Gasteiger partial charge in [0.05, 0.1) is 9.85 Å². The summed E-state index contributed by atoms with van der Waals surface area (Å²) in [6.45, 7) is 2.48. The van der Waals surface area contributed by atoms with Crippen molar-refractivity contribution in [1.29, 1.82) is 0 Å². The summed E-state index contributed by atoms with van der Waals surface area (Å²) in [5, 5.41) is 79.7. The molecule has 0 unspecified atom stereocenters. The molecule has 4 rings (SSSR count).